The van der Waals surface area contributed by atoms with Gasteiger partial charge in [0.2, 0.25) is 0 Å². The molecular formula is C10H6Cl4O. The number of carbonyl (C=O) groups is 1. The van der Waals surface area contributed by atoms with Crippen LogP contribution in [0.3, 0.4) is 0 Å². The van der Waals surface area contributed by atoms with Crippen molar-refractivity contribution >= 4 is 58.3 Å². The number of hydrogen-bond donors (Lipinski definition) is 0. The van der Waals surface area contributed by atoms with E-state index < -0.39 is 0 Å². The van der Waals surface area contributed by atoms with E-state index in [9.17, 15) is 4.79 Å². The second kappa shape index (κ2) is 5.76. The van der Waals surface area contributed by atoms with E-state index in [1.165, 1.54) is 12.2 Å². The normalized spacial score (nSPS) is 10.9. The monoisotopic (exact) mass is 282 g/mol. The largest absolute Gasteiger partial charge is 0.294 e. The summed E-state index contributed by atoms with van der Waals surface area (Å²) in [5.41, 5.74) is 0.557. The van der Waals surface area contributed by atoms with Gasteiger partial charge in [-0.3, -0.25) is 4.79 Å². The van der Waals surface area contributed by atoms with Gasteiger partial charge in [-0.25, -0.2) is 0 Å². The molecule has 0 saturated carbocycles. The van der Waals surface area contributed by atoms with Gasteiger partial charge >= 0.3 is 0 Å². The highest BCUT2D eigenvalue weighted by atomic mass is 35.5. The molecule has 0 unspecified atom stereocenters. The molecule has 0 bridgehead atoms. The minimum atomic E-state index is -0.209. The first-order valence-electron chi connectivity index (χ1n) is 3.96. The van der Waals surface area contributed by atoms with Crippen molar-refractivity contribution in [1.29, 1.82) is 0 Å². The van der Waals surface area contributed by atoms with Crippen LogP contribution in [-0.4, -0.2) is 11.7 Å². The Morgan fingerprint density at radius 3 is 2.20 bits per heavy atom. The number of alkyl halides is 1. The van der Waals surface area contributed by atoms with Gasteiger partial charge in [0.25, 0.3) is 0 Å². The highest BCUT2D eigenvalue weighted by Gasteiger charge is 2.05. The van der Waals surface area contributed by atoms with Gasteiger partial charge in [-0.2, -0.15) is 0 Å². The number of ketones is 1. The SMILES string of the molecule is O=C(/C=C/c1c(Cl)cc(Cl)cc1Cl)CCl. The lowest BCUT2D eigenvalue weighted by molar-refractivity contribution is -0.112. The third-order valence-electron chi connectivity index (χ3n) is 1.61. The van der Waals surface area contributed by atoms with E-state index in [1.807, 2.05) is 0 Å². The van der Waals surface area contributed by atoms with Gasteiger partial charge in [0.05, 0.1) is 15.9 Å². The van der Waals surface area contributed by atoms with Gasteiger partial charge in [0, 0.05) is 10.6 Å². The molecule has 0 fully saturated rings. The fraction of sp³-hybridized carbons (Fsp3) is 0.100. The average molecular weight is 284 g/mol. The smallest absolute Gasteiger partial charge is 0.170 e. The molecule has 0 aliphatic rings. The van der Waals surface area contributed by atoms with Gasteiger partial charge in [-0.05, 0) is 24.3 Å². The molecule has 0 aromatic heterocycles. The van der Waals surface area contributed by atoms with Gasteiger partial charge < -0.3 is 0 Å². The Morgan fingerprint density at radius 2 is 1.73 bits per heavy atom. The van der Waals surface area contributed by atoms with Crippen molar-refractivity contribution in [2.75, 3.05) is 5.88 Å². The van der Waals surface area contributed by atoms with Crippen LogP contribution in [0.4, 0.5) is 0 Å². The molecule has 0 atom stereocenters. The topological polar surface area (TPSA) is 17.1 Å². The van der Waals surface area contributed by atoms with Gasteiger partial charge in [-0.15, -0.1) is 11.6 Å². The Kier molecular flexibility index (Phi) is 4.94. The van der Waals surface area contributed by atoms with Crippen molar-refractivity contribution in [2.45, 2.75) is 0 Å². The molecule has 80 valence electrons. The summed E-state index contributed by atoms with van der Waals surface area (Å²) in [6.07, 6.45) is 2.85. The van der Waals surface area contributed by atoms with Gasteiger partial charge in [0.1, 0.15) is 0 Å². The number of rotatable bonds is 3. The Morgan fingerprint density at radius 1 is 1.20 bits per heavy atom. The van der Waals surface area contributed by atoms with Crippen LogP contribution >= 0.6 is 46.4 Å². The Hall–Kier alpha value is -0.210. The molecule has 0 heterocycles. The van der Waals surface area contributed by atoms with E-state index in [2.05, 4.69) is 0 Å². The maximum absolute atomic E-state index is 10.9. The van der Waals surface area contributed by atoms with Crippen LogP contribution in [0.1, 0.15) is 5.56 Å². The summed E-state index contributed by atoms with van der Waals surface area (Å²) in [4.78, 5) is 10.9. The van der Waals surface area contributed by atoms with Crippen LogP contribution in [-0.2, 0) is 4.79 Å². The van der Waals surface area contributed by atoms with E-state index in [4.69, 9.17) is 46.4 Å². The molecule has 0 N–H and O–H groups in total. The van der Waals surface area contributed by atoms with E-state index in [0.717, 1.165) is 0 Å². The highest BCUT2D eigenvalue weighted by Crippen LogP contribution is 2.29. The molecule has 1 rings (SSSR count). The van der Waals surface area contributed by atoms with Crippen LogP contribution in [0, 0.1) is 0 Å². The first-order valence-corrected chi connectivity index (χ1v) is 5.63. The molecule has 0 aliphatic heterocycles. The predicted molar refractivity (Wildman–Crippen MR) is 66.2 cm³/mol. The Balaban J connectivity index is 3.05. The van der Waals surface area contributed by atoms with Crippen LogP contribution in [0.15, 0.2) is 18.2 Å². The lowest BCUT2D eigenvalue weighted by Crippen LogP contribution is -1.92. The van der Waals surface area contributed by atoms with Gasteiger partial charge in [-0.1, -0.05) is 34.8 Å². The third kappa shape index (κ3) is 3.69. The maximum atomic E-state index is 10.9. The average Bonchev–Trinajstić information content (AvgIpc) is 2.15. The highest BCUT2D eigenvalue weighted by molar-refractivity contribution is 6.40. The zero-order valence-electron chi connectivity index (χ0n) is 7.44. The number of allylic oxidation sites excluding steroid dienone is 1. The summed E-state index contributed by atoms with van der Waals surface area (Å²) >= 11 is 22.9. The third-order valence-corrected chi connectivity index (χ3v) is 2.72. The summed E-state index contributed by atoms with van der Waals surface area (Å²) in [5.74, 6) is -0.280. The van der Waals surface area contributed by atoms with Gasteiger partial charge in [0.15, 0.2) is 5.78 Å². The second-order valence-electron chi connectivity index (χ2n) is 2.72. The summed E-state index contributed by atoms with van der Waals surface area (Å²) in [5, 5.41) is 1.24. The molecule has 0 radical (unpaired) electrons. The van der Waals surface area contributed by atoms with Crippen molar-refractivity contribution in [3.8, 4) is 0 Å². The summed E-state index contributed by atoms with van der Waals surface area (Å²) < 4.78 is 0. The quantitative estimate of drug-likeness (QED) is 0.591. The minimum absolute atomic E-state index is 0.0701. The van der Waals surface area contributed by atoms with Crippen molar-refractivity contribution in [3.05, 3.63) is 38.8 Å². The molecule has 15 heavy (non-hydrogen) atoms. The number of hydrogen-bond acceptors (Lipinski definition) is 1. The lowest BCUT2D eigenvalue weighted by Gasteiger charge is -2.02. The number of benzene rings is 1. The van der Waals surface area contributed by atoms with Crippen LogP contribution in [0.5, 0.6) is 0 Å². The molecule has 0 aliphatic carbocycles. The molecule has 5 heteroatoms. The van der Waals surface area contributed by atoms with E-state index in [1.54, 1.807) is 12.1 Å². The summed E-state index contributed by atoms with van der Waals surface area (Å²) in [6.45, 7) is 0. The molecule has 0 saturated heterocycles. The van der Waals surface area contributed by atoms with Crippen LogP contribution < -0.4 is 0 Å². The van der Waals surface area contributed by atoms with Crippen molar-refractivity contribution in [1.82, 2.24) is 0 Å². The van der Waals surface area contributed by atoms with Crippen molar-refractivity contribution < 1.29 is 4.79 Å². The summed E-state index contributed by atoms with van der Waals surface area (Å²) in [7, 11) is 0. The van der Waals surface area contributed by atoms with E-state index in [0.29, 0.717) is 20.6 Å². The maximum Gasteiger partial charge on any atom is 0.170 e. The Bertz CT molecular complexity index is 389. The number of halogens is 4. The fourth-order valence-corrected chi connectivity index (χ4v) is 1.97. The molecule has 0 spiro atoms. The molecule has 1 nitrogen and oxygen atoms in total. The van der Waals surface area contributed by atoms with Crippen molar-refractivity contribution in [2.24, 2.45) is 0 Å². The second-order valence-corrected chi connectivity index (χ2v) is 4.23. The van der Waals surface area contributed by atoms with Crippen LogP contribution in [0.2, 0.25) is 15.1 Å². The first-order chi connectivity index (χ1) is 7.04. The molecule has 1 aromatic rings. The fourth-order valence-electron chi connectivity index (χ4n) is 0.933. The lowest BCUT2D eigenvalue weighted by atomic mass is 10.2. The van der Waals surface area contributed by atoms with E-state index >= 15 is 0 Å². The predicted octanol–water partition coefficient (Wildman–Crippen LogP) is 4.47. The van der Waals surface area contributed by atoms with Crippen LogP contribution in [0.25, 0.3) is 6.08 Å². The Labute approximate surface area is 108 Å². The van der Waals surface area contributed by atoms with E-state index in [-0.39, 0.29) is 11.7 Å². The molecule has 0 amide bonds. The van der Waals surface area contributed by atoms with Crippen molar-refractivity contribution in [3.63, 3.8) is 0 Å². The molecule has 1 aromatic carbocycles. The molecular weight excluding hydrogens is 278 g/mol. The zero-order chi connectivity index (χ0) is 11.4. The zero-order valence-corrected chi connectivity index (χ0v) is 10.5. The number of carbonyl (C=O) groups excluding carboxylic acids is 1. The standard InChI is InChI=1S/C10H6Cl4O/c11-5-7(15)1-2-8-9(13)3-6(12)4-10(8)14/h1-4H,5H2/b2-1+. The first kappa shape index (κ1) is 12.9. The minimum Gasteiger partial charge on any atom is -0.294 e. The summed E-state index contributed by atoms with van der Waals surface area (Å²) in [6, 6.07) is 3.11.